The summed E-state index contributed by atoms with van der Waals surface area (Å²) in [6.07, 6.45) is -1.84. The highest BCUT2D eigenvalue weighted by Gasteiger charge is 2.39. The Bertz CT molecular complexity index is 1230. The molecule has 1 aromatic rings. The number of ether oxygens (including phenoxy) is 1. The summed E-state index contributed by atoms with van der Waals surface area (Å²) in [5.41, 5.74) is 0.709. The normalized spacial score (nSPS) is 14.2. The van der Waals surface area contributed by atoms with E-state index in [-0.39, 0.29) is 45.0 Å². The van der Waals surface area contributed by atoms with Gasteiger partial charge < -0.3 is 26.0 Å². The van der Waals surface area contributed by atoms with Crippen LogP contribution in [0.1, 0.15) is 45.1 Å². The van der Waals surface area contributed by atoms with Gasteiger partial charge in [0.1, 0.15) is 18.8 Å². The van der Waals surface area contributed by atoms with E-state index in [0.717, 1.165) is 17.1 Å². The van der Waals surface area contributed by atoms with Crippen LogP contribution in [0.5, 0.6) is 0 Å². The van der Waals surface area contributed by atoms with E-state index in [2.05, 4.69) is 26.6 Å². The van der Waals surface area contributed by atoms with Crippen LogP contribution in [-0.2, 0) is 39.9 Å². The topological polar surface area (TPSA) is 175 Å². The molecule has 0 bridgehead atoms. The quantitative estimate of drug-likeness (QED) is 0.0723. The summed E-state index contributed by atoms with van der Waals surface area (Å²) in [7, 11) is 0. The lowest BCUT2D eigenvalue weighted by molar-refractivity contribution is -0.158. The number of carbonyl (C=O) groups excluding carboxylic acids is 6. The van der Waals surface area contributed by atoms with Crippen molar-refractivity contribution < 1.29 is 46.7 Å². The van der Waals surface area contributed by atoms with Gasteiger partial charge >= 0.3 is 6.18 Å². The highest BCUT2D eigenvalue weighted by atomic mass is 19.4. The van der Waals surface area contributed by atoms with Gasteiger partial charge in [-0.15, -0.1) is 0 Å². The summed E-state index contributed by atoms with van der Waals surface area (Å²) in [4.78, 5) is 73.9. The minimum Gasteiger partial charge on any atom is -0.361 e. The number of hydrogen-bond donors (Lipinski definition) is 5. The van der Waals surface area contributed by atoms with Crippen molar-refractivity contribution >= 4 is 35.4 Å². The average Bonchev–Trinajstić information content (AvgIpc) is 3.34. The Balaban J connectivity index is 1.79. The third kappa shape index (κ3) is 15.7. The van der Waals surface area contributed by atoms with E-state index in [1.807, 2.05) is 13.8 Å². The highest BCUT2D eigenvalue weighted by Crippen LogP contribution is 2.24. The molecule has 0 saturated carbocycles. The average molecular weight is 669 g/mol. The molecule has 2 atom stereocenters. The van der Waals surface area contributed by atoms with Crippen LogP contribution in [0.2, 0.25) is 0 Å². The van der Waals surface area contributed by atoms with Crippen molar-refractivity contribution in [3.8, 4) is 0 Å². The molecule has 0 radical (unpaired) electrons. The molecular weight excluding hydrogens is 625 g/mol. The number of alkyl halides is 3. The molecule has 5 N–H and O–H groups in total. The van der Waals surface area contributed by atoms with Crippen LogP contribution < -0.4 is 26.6 Å². The van der Waals surface area contributed by atoms with Crippen molar-refractivity contribution in [2.24, 2.45) is 5.92 Å². The molecule has 1 aromatic carbocycles. The summed E-state index contributed by atoms with van der Waals surface area (Å²) in [6, 6.07) is 5.64. The van der Waals surface area contributed by atoms with Gasteiger partial charge in [-0.2, -0.15) is 13.2 Å². The Morgan fingerprint density at radius 1 is 0.830 bits per heavy atom. The standard InChI is InChI=1S/C31H43F3N6O7/c1-21(2)19-47-20-38-26(42)17-37-30(46)23(15-22-9-5-3-6-10-22)39-27(43)18-36-25(41)16-35-24(31(32,33)34)11-7-4-8-14-40-28(44)12-13-29(40)45/h3,5-6,9-10,12-13,21,23-24,35H,4,7-8,11,14-20H2,1-2H3,(H,36,41)(H,37,46)(H,38,42)(H,39,43)/t23-,24?/m0/s1. The Hall–Kier alpha value is -4.31. The molecule has 0 fully saturated rings. The van der Waals surface area contributed by atoms with Crippen LogP contribution in [0.4, 0.5) is 13.2 Å². The monoisotopic (exact) mass is 668 g/mol. The number of halogens is 3. The van der Waals surface area contributed by atoms with Crippen LogP contribution in [0.25, 0.3) is 0 Å². The summed E-state index contributed by atoms with van der Waals surface area (Å²) >= 11 is 0. The van der Waals surface area contributed by atoms with Crippen LogP contribution in [0, 0.1) is 5.92 Å². The van der Waals surface area contributed by atoms with Gasteiger partial charge in [0.25, 0.3) is 11.8 Å². The zero-order valence-electron chi connectivity index (χ0n) is 26.5. The zero-order chi connectivity index (χ0) is 34.8. The zero-order valence-corrected chi connectivity index (χ0v) is 26.5. The largest absolute Gasteiger partial charge is 0.403 e. The number of nitrogens with zero attached hydrogens (tertiary/aromatic N) is 1. The van der Waals surface area contributed by atoms with E-state index < -0.39 is 66.8 Å². The second-order valence-corrected chi connectivity index (χ2v) is 11.3. The lowest BCUT2D eigenvalue weighted by Crippen LogP contribution is -2.52. The highest BCUT2D eigenvalue weighted by molar-refractivity contribution is 6.12. The summed E-state index contributed by atoms with van der Waals surface area (Å²) < 4.78 is 45.9. The Kier molecular flexibility index (Phi) is 16.6. The molecule has 1 aliphatic heterocycles. The van der Waals surface area contributed by atoms with Crippen molar-refractivity contribution in [1.82, 2.24) is 31.5 Å². The minimum absolute atomic E-state index is 0.0291. The molecule has 47 heavy (non-hydrogen) atoms. The minimum atomic E-state index is -4.64. The summed E-state index contributed by atoms with van der Waals surface area (Å²) in [5.74, 6) is -3.42. The number of hydrogen-bond acceptors (Lipinski definition) is 8. The molecular formula is C31H43F3N6O7. The Morgan fingerprint density at radius 2 is 1.47 bits per heavy atom. The number of amides is 6. The first-order valence-corrected chi connectivity index (χ1v) is 15.3. The number of unbranched alkanes of at least 4 members (excludes halogenated alkanes) is 2. The second-order valence-electron chi connectivity index (χ2n) is 11.3. The first-order chi connectivity index (χ1) is 22.3. The molecule has 1 aliphatic rings. The lowest BCUT2D eigenvalue weighted by atomic mass is 10.1. The van der Waals surface area contributed by atoms with E-state index in [1.165, 1.54) is 0 Å². The van der Waals surface area contributed by atoms with Crippen molar-refractivity contribution in [3.63, 3.8) is 0 Å². The molecule has 6 amide bonds. The van der Waals surface area contributed by atoms with Gasteiger partial charge in [-0.3, -0.25) is 39.0 Å². The fourth-order valence-corrected chi connectivity index (χ4v) is 4.37. The Labute approximate surface area is 271 Å². The van der Waals surface area contributed by atoms with Crippen molar-refractivity contribution in [1.29, 1.82) is 0 Å². The maximum Gasteiger partial charge on any atom is 0.403 e. The molecule has 0 saturated heterocycles. The predicted molar refractivity (Wildman–Crippen MR) is 164 cm³/mol. The maximum atomic E-state index is 13.5. The number of carbonyl (C=O) groups is 6. The summed E-state index contributed by atoms with van der Waals surface area (Å²) in [6.45, 7) is 2.73. The smallest absolute Gasteiger partial charge is 0.361 e. The first kappa shape index (κ1) is 38.9. The molecule has 1 unspecified atom stereocenters. The van der Waals surface area contributed by atoms with Gasteiger partial charge in [0.2, 0.25) is 23.6 Å². The third-order valence-electron chi connectivity index (χ3n) is 6.81. The number of imide groups is 1. The summed E-state index contributed by atoms with van der Waals surface area (Å²) in [5, 5.41) is 11.8. The molecule has 2 rings (SSSR count). The van der Waals surface area contributed by atoms with Gasteiger partial charge in [-0.25, -0.2) is 0 Å². The van der Waals surface area contributed by atoms with Gasteiger partial charge in [0, 0.05) is 25.1 Å². The van der Waals surface area contributed by atoms with E-state index in [0.29, 0.717) is 25.0 Å². The van der Waals surface area contributed by atoms with E-state index in [4.69, 9.17) is 4.74 Å². The molecule has 0 spiro atoms. The molecule has 13 nitrogen and oxygen atoms in total. The van der Waals surface area contributed by atoms with Gasteiger partial charge in [-0.05, 0) is 24.3 Å². The number of benzene rings is 1. The van der Waals surface area contributed by atoms with E-state index >= 15 is 0 Å². The van der Waals surface area contributed by atoms with Gasteiger partial charge in [0.15, 0.2) is 0 Å². The first-order valence-electron chi connectivity index (χ1n) is 15.3. The molecule has 1 heterocycles. The maximum absolute atomic E-state index is 13.5. The fraction of sp³-hybridized carbons (Fsp3) is 0.548. The number of rotatable bonds is 21. The van der Waals surface area contributed by atoms with Gasteiger partial charge in [-0.1, -0.05) is 57.0 Å². The van der Waals surface area contributed by atoms with Crippen molar-refractivity contribution in [3.05, 3.63) is 48.0 Å². The SMILES string of the molecule is CC(C)COCNC(=O)CNC(=O)[C@H](Cc1ccccc1)NC(=O)CNC(=O)CNC(CCCCCN1C(=O)C=CC1=O)C(F)(F)F. The number of nitrogens with one attached hydrogen (secondary N) is 5. The van der Waals surface area contributed by atoms with Gasteiger partial charge in [0.05, 0.1) is 26.2 Å². The van der Waals surface area contributed by atoms with E-state index in [1.54, 1.807) is 30.3 Å². The van der Waals surface area contributed by atoms with E-state index in [9.17, 15) is 41.9 Å². The molecule has 260 valence electrons. The molecule has 0 aromatic heterocycles. The van der Waals surface area contributed by atoms with Crippen molar-refractivity contribution in [2.45, 2.75) is 64.2 Å². The van der Waals surface area contributed by atoms with Crippen LogP contribution >= 0.6 is 0 Å². The Morgan fingerprint density at radius 3 is 2.11 bits per heavy atom. The predicted octanol–water partition coefficient (Wildman–Crippen LogP) is 0.699. The van der Waals surface area contributed by atoms with Crippen LogP contribution in [0.3, 0.4) is 0 Å². The fourth-order valence-electron chi connectivity index (χ4n) is 4.37. The molecule has 0 aliphatic carbocycles. The molecule has 16 heteroatoms. The third-order valence-corrected chi connectivity index (χ3v) is 6.81. The lowest BCUT2D eigenvalue weighted by Gasteiger charge is -2.22. The van der Waals surface area contributed by atoms with Crippen LogP contribution in [0.15, 0.2) is 42.5 Å². The second kappa shape index (κ2) is 20.0. The van der Waals surface area contributed by atoms with Crippen molar-refractivity contribution in [2.75, 3.05) is 39.5 Å². The van der Waals surface area contributed by atoms with Crippen LogP contribution in [-0.4, -0.2) is 98.1 Å².